The third-order valence-electron chi connectivity index (χ3n) is 1.57. The van der Waals surface area contributed by atoms with Crippen LogP contribution in [-0.2, 0) is 4.79 Å². The highest BCUT2D eigenvalue weighted by Crippen LogP contribution is 2.06. The van der Waals surface area contributed by atoms with Gasteiger partial charge in [-0.3, -0.25) is 9.59 Å². The van der Waals surface area contributed by atoms with Gasteiger partial charge in [0.25, 0.3) is 0 Å². The molecule has 0 aliphatic heterocycles. The zero-order chi connectivity index (χ0) is 10.4. The summed E-state index contributed by atoms with van der Waals surface area (Å²) < 4.78 is 0. The van der Waals surface area contributed by atoms with Gasteiger partial charge in [0.05, 0.1) is 11.5 Å². The van der Waals surface area contributed by atoms with E-state index in [2.05, 4.69) is 0 Å². The van der Waals surface area contributed by atoms with E-state index in [0.29, 0.717) is 11.3 Å². The van der Waals surface area contributed by atoms with Crippen molar-refractivity contribution in [1.82, 2.24) is 0 Å². The average molecular weight is 209 g/mol. The Morgan fingerprint density at radius 1 is 1.14 bits per heavy atom. The molecule has 0 aliphatic carbocycles. The zero-order valence-corrected chi connectivity index (χ0v) is 8.42. The molecule has 3 nitrogen and oxygen atoms in total. The SMILES string of the molecule is NC(=O)CSCC(=O)c1ccccc1. The van der Waals surface area contributed by atoms with E-state index in [4.69, 9.17) is 5.73 Å². The number of hydrogen-bond acceptors (Lipinski definition) is 3. The van der Waals surface area contributed by atoms with E-state index < -0.39 is 5.91 Å². The number of thioether (sulfide) groups is 1. The van der Waals surface area contributed by atoms with Crippen molar-refractivity contribution in [2.24, 2.45) is 5.73 Å². The second-order valence-electron chi connectivity index (χ2n) is 2.75. The van der Waals surface area contributed by atoms with Crippen LogP contribution in [0.25, 0.3) is 0 Å². The largest absolute Gasteiger partial charge is 0.369 e. The number of nitrogens with two attached hydrogens (primary N) is 1. The fraction of sp³-hybridized carbons (Fsp3) is 0.200. The molecule has 0 fully saturated rings. The van der Waals surface area contributed by atoms with Crippen molar-refractivity contribution in [2.75, 3.05) is 11.5 Å². The van der Waals surface area contributed by atoms with Crippen LogP contribution in [0.2, 0.25) is 0 Å². The van der Waals surface area contributed by atoms with Crippen LogP contribution in [0.1, 0.15) is 10.4 Å². The van der Waals surface area contributed by atoms with E-state index in [0.717, 1.165) is 0 Å². The minimum Gasteiger partial charge on any atom is -0.369 e. The van der Waals surface area contributed by atoms with E-state index in [1.807, 2.05) is 18.2 Å². The van der Waals surface area contributed by atoms with Crippen LogP contribution in [0.15, 0.2) is 30.3 Å². The van der Waals surface area contributed by atoms with Crippen molar-refractivity contribution in [1.29, 1.82) is 0 Å². The van der Waals surface area contributed by atoms with E-state index in [9.17, 15) is 9.59 Å². The average Bonchev–Trinajstić information content (AvgIpc) is 2.18. The van der Waals surface area contributed by atoms with Crippen LogP contribution in [0.3, 0.4) is 0 Å². The molecule has 1 aromatic rings. The van der Waals surface area contributed by atoms with Gasteiger partial charge in [0.2, 0.25) is 5.91 Å². The summed E-state index contributed by atoms with van der Waals surface area (Å²) in [6.45, 7) is 0. The van der Waals surface area contributed by atoms with Gasteiger partial charge in [0.1, 0.15) is 0 Å². The minimum absolute atomic E-state index is 0.0249. The van der Waals surface area contributed by atoms with Gasteiger partial charge in [-0.1, -0.05) is 30.3 Å². The van der Waals surface area contributed by atoms with Crippen molar-refractivity contribution in [3.8, 4) is 0 Å². The van der Waals surface area contributed by atoms with Gasteiger partial charge in [0.15, 0.2) is 5.78 Å². The fourth-order valence-corrected chi connectivity index (χ4v) is 1.61. The molecule has 0 aliphatic rings. The van der Waals surface area contributed by atoms with Crippen LogP contribution >= 0.6 is 11.8 Å². The second-order valence-corrected chi connectivity index (χ2v) is 3.73. The molecule has 0 radical (unpaired) electrons. The molecule has 0 spiro atoms. The van der Waals surface area contributed by atoms with Gasteiger partial charge in [-0.25, -0.2) is 0 Å². The van der Waals surface area contributed by atoms with Crippen molar-refractivity contribution in [3.63, 3.8) is 0 Å². The number of carbonyl (C=O) groups is 2. The first-order chi connectivity index (χ1) is 6.70. The molecule has 0 heterocycles. The monoisotopic (exact) mass is 209 g/mol. The third-order valence-corrected chi connectivity index (χ3v) is 2.53. The molecule has 0 saturated heterocycles. The maximum absolute atomic E-state index is 11.5. The Hall–Kier alpha value is -1.29. The van der Waals surface area contributed by atoms with Gasteiger partial charge in [0, 0.05) is 5.56 Å². The molecule has 0 unspecified atom stereocenters. The van der Waals surface area contributed by atoms with Gasteiger partial charge in [-0.2, -0.15) is 0 Å². The maximum Gasteiger partial charge on any atom is 0.227 e. The molecule has 4 heteroatoms. The summed E-state index contributed by atoms with van der Waals surface area (Å²) in [5.74, 6) is 0.124. The summed E-state index contributed by atoms with van der Waals surface area (Å²) in [5.41, 5.74) is 5.62. The Kier molecular flexibility index (Phi) is 4.19. The first-order valence-corrected chi connectivity index (χ1v) is 5.30. The highest BCUT2D eigenvalue weighted by Gasteiger charge is 2.05. The number of Topliss-reactive ketones (excluding diaryl/α,β-unsaturated/α-hetero) is 1. The predicted octanol–water partition coefficient (Wildman–Crippen LogP) is 1.09. The quantitative estimate of drug-likeness (QED) is 0.738. The number of primary amides is 1. The fourth-order valence-electron chi connectivity index (χ4n) is 0.952. The van der Waals surface area contributed by atoms with Crippen LogP contribution in [0, 0.1) is 0 Å². The molecular weight excluding hydrogens is 198 g/mol. The molecule has 74 valence electrons. The number of benzene rings is 1. The van der Waals surface area contributed by atoms with E-state index in [1.165, 1.54) is 11.8 Å². The normalized spacial score (nSPS) is 9.71. The highest BCUT2D eigenvalue weighted by molar-refractivity contribution is 8.00. The van der Waals surface area contributed by atoms with Crippen LogP contribution in [-0.4, -0.2) is 23.2 Å². The van der Waals surface area contributed by atoms with Crippen molar-refractivity contribution in [2.45, 2.75) is 0 Å². The van der Waals surface area contributed by atoms with Gasteiger partial charge < -0.3 is 5.73 Å². The Morgan fingerprint density at radius 2 is 1.79 bits per heavy atom. The molecule has 1 aromatic carbocycles. The Labute approximate surface area is 86.7 Å². The molecular formula is C10H11NO2S. The number of hydrogen-bond donors (Lipinski definition) is 1. The molecule has 1 rings (SSSR count). The molecule has 1 amide bonds. The van der Waals surface area contributed by atoms with E-state index in [1.54, 1.807) is 12.1 Å². The summed E-state index contributed by atoms with van der Waals surface area (Å²) >= 11 is 1.24. The first kappa shape index (κ1) is 10.8. The third kappa shape index (κ3) is 3.62. The summed E-state index contributed by atoms with van der Waals surface area (Å²) in [6.07, 6.45) is 0. The summed E-state index contributed by atoms with van der Waals surface area (Å²) in [4.78, 5) is 21.9. The van der Waals surface area contributed by atoms with E-state index >= 15 is 0 Å². The van der Waals surface area contributed by atoms with Gasteiger partial charge in [-0.15, -0.1) is 11.8 Å². The summed E-state index contributed by atoms with van der Waals surface area (Å²) in [5, 5.41) is 0. The van der Waals surface area contributed by atoms with Crippen LogP contribution < -0.4 is 5.73 Å². The second kappa shape index (κ2) is 5.44. The predicted molar refractivity (Wildman–Crippen MR) is 57.3 cm³/mol. The highest BCUT2D eigenvalue weighted by atomic mass is 32.2. The van der Waals surface area contributed by atoms with Crippen molar-refractivity contribution >= 4 is 23.5 Å². The van der Waals surface area contributed by atoms with Crippen LogP contribution in [0.4, 0.5) is 0 Å². The molecule has 2 N–H and O–H groups in total. The number of amides is 1. The lowest BCUT2D eigenvalue weighted by Gasteiger charge is -1.98. The lowest BCUT2D eigenvalue weighted by molar-refractivity contribution is -0.115. The molecule has 0 aromatic heterocycles. The first-order valence-electron chi connectivity index (χ1n) is 4.14. The molecule has 0 bridgehead atoms. The lowest BCUT2D eigenvalue weighted by atomic mass is 10.2. The molecule has 14 heavy (non-hydrogen) atoms. The van der Waals surface area contributed by atoms with Gasteiger partial charge in [-0.05, 0) is 0 Å². The molecule has 0 saturated carbocycles. The van der Waals surface area contributed by atoms with Crippen LogP contribution in [0.5, 0.6) is 0 Å². The van der Waals surface area contributed by atoms with Crippen molar-refractivity contribution in [3.05, 3.63) is 35.9 Å². The topological polar surface area (TPSA) is 60.2 Å². The van der Waals surface area contributed by atoms with E-state index in [-0.39, 0.29) is 11.5 Å². The maximum atomic E-state index is 11.5. The molecule has 0 atom stereocenters. The smallest absolute Gasteiger partial charge is 0.227 e. The minimum atomic E-state index is -0.393. The zero-order valence-electron chi connectivity index (χ0n) is 7.60. The number of carbonyl (C=O) groups excluding carboxylic acids is 2. The Bertz CT molecular complexity index is 324. The van der Waals surface area contributed by atoms with Gasteiger partial charge >= 0.3 is 0 Å². The Balaban J connectivity index is 2.40. The Morgan fingerprint density at radius 3 is 2.36 bits per heavy atom. The summed E-state index contributed by atoms with van der Waals surface area (Å²) in [6, 6.07) is 8.99. The number of rotatable bonds is 5. The lowest BCUT2D eigenvalue weighted by Crippen LogP contribution is -2.14. The standard InChI is InChI=1S/C10H11NO2S/c11-10(13)7-14-6-9(12)8-4-2-1-3-5-8/h1-5H,6-7H2,(H2,11,13). The summed E-state index contributed by atoms with van der Waals surface area (Å²) in [7, 11) is 0. The number of ketones is 1. The van der Waals surface area contributed by atoms with Crippen molar-refractivity contribution < 1.29 is 9.59 Å².